The van der Waals surface area contributed by atoms with E-state index in [9.17, 15) is 5.11 Å². The number of benzene rings is 1. The van der Waals surface area contributed by atoms with Crippen molar-refractivity contribution < 1.29 is 19.7 Å². The summed E-state index contributed by atoms with van der Waals surface area (Å²) in [4.78, 5) is 0. The van der Waals surface area contributed by atoms with Crippen LogP contribution in [0.15, 0.2) is 12.1 Å². The van der Waals surface area contributed by atoms with Crippen LogP contribution in [-0.2, 0) is 0 Å². The molecule has 0 aliphatic carbocycles. The van der Waals surface area contributed by atoms with Gasteiger partial charge in [0, 0.05) is 18.1 Å². The maximum absolute atomic E-state index is 9.63. The predicted molar refractivity (Wildman–Crippen MR) is 49.7 cm³/mol. The van der Waals surface area contributed by atoms with Crippen molar-refractivity contribution in [3.05, 3.63) is 17.7 Å². The van der Waals surface area contributed by atoms with Gasteiger partial charge >= 0.3 is 0 Å². The van der Waals surface area contributed by atoms with Crippen LogP contribution >= 0.6 is 0 Å². The summed E-state index contributed by atoms with van der Waals surface area (Å²) < 4.78 is 10.4. The quantitative estimate of drug-likeness (QED) is 0.746. The predicted octanol–water partition coefficient (Wildman–Crippen LogP) is 1.22. The molecule has 2 rings (SSSR count). The van der Waals surface area contributed by atoms with Crippen LogP contribution in [-0.4, -0.2) is 23.6 Å². The van der Waals surface area contributed by atoms with E-state index < -0.39 is 0 Å². The Labute approximate surface area is 81.7 Å². The van der Waals surface area contributed by atoms with Gasteiger partial charge in [-0.15, -0.1) is 0 Å². The minimum absolute atomic E-state index is 0.0344. The molecule has 0 amide bonds. The molecule has 0 spiro atoms. The first-order valence-corrected chi connectivity index (χ1v) is 4.46. The molecule has 14 heavy (non-hydrogen) atoms. The second-order valence-corrected chi connectivity index (χ2v) is 3.32. The van der Waals surface area contributed by atoms with E-state index in [4.69, 9.17) is 14.6 Å². The molecule has 1 unspecified atom stereocenters. The number of hydrogen-bond acceptors (Lipinski definition) is 4. The van der Waals surface area contributed by atoms with Crippen molar-refractivity contribution in [2.75, 3.05) is 13.4 Å². The zero-order valence-corrected chi connectivity index (χ0v) is 7.86. The van der Waals surface area contributed by atoms with Gasteiger partial charge in [0.15, 0.2) is 11.5 Å². The second-order valence-electron chi connectivity index (χ2n) is 3.32. The summed E-state index contributed by atoms with van der Waals surface area (Å²) in [5.74, 6) is 1.15. The number of rotatable bonds is 2. The molecule has 76 valence electrons. The van der Waals surface area contributed by atoms with E-state index in [-0.39, 0.29) is 25.1 Å². The first-order chi connectivity index (χ1) is 6.74. The summed E-state index contributed by atoms with van der Waals surface area (Å²) in [7, 11) is 0. The number of fused-ring (bicyclic) bond motifs is 1. The summed E-state index contributed by atoms with van der Waals surface area (Å²) in [5.41, 5.74) is 0.613. The normalized spacial score (nSPS) is 15.6. The summed E-state index contributed by atoms with van der Waals surface area (Å²) >= 11 is 0. The maximum Gasteiger partial charge on any atom is 0.231 e. The molecule has 1 aliphatic rings. The third-order valence-corrected chi connectivity index (χ3v) is 2.32. The molecular formula is C10H12O4. The van der Waals surface area contributed by atoms with Crippen molar-refractivity contribution in [1.29, 1.82) is 0 Å². The molecule has 1 aromatic rings. The minimum atomic E-state index is -0.161. The third kappa shape index (κ3) is 1.28. The van der Waals surface area contributed by atoms with E-state index in [1.807, 2.05) is 6.92 Å². The van der Waals surface area contributed by atoms with Crippen LogP contribution in [0.4, 0.5) is 0 Å². The molecule has 0 aromatic heterocycles. The second kappa shape index (κ2) is 3.38. The summed E-state index contributed by atoms with van der Waals surface area (Å²) in [6.07, 6.45) is 0. The van der Waals surface area contributed by atoms with Crippen LogP contribution in [0, 0.1) is 0 Å². The lowest BCUT2D eigenvalue weighted by molar-refractivity contribution is 0.172. The van der Waals surface area contributed by atoms with Crippen molar-refractivity contribution in [2.24, 2.45) is 0 Å². The van der Waals surface area contributed by atoms with Gasteiger partial charge in [-0.2, -0.15) is 0 Å². The fourth-order valence-electron chi connectivity index (χ4n) is 1.55. The summed E-state index contributed by atoms with van der Waals surface area (Å²) in [6.45, 7) is 1.95. The molecule has 1 aliphatic heterocycles. The topological polar surface area (TPSA) is 58.9 Å². The lowest BCUT2D eigenvalue weighted by Gasteiger charge is -2.12. The molecule has 0 saturated carbocycles. The molecular weight excluding hydrogens is 184 g/mol. The smallest absolute Gasteiger partial charge is 0.231 e. The van der Waals surface area contributed by atoms with Gasteiger partial charge in [0.1, 0.15) is 5.75 Å². The van der Waals surface area contributed by atoms with Crippen molar-refractivity contribution >= 4 is 0 Å². The average Bonchev–Trinajstić information content (AvgIpc) is 2.64. The molecule has 0 saturated heterocycles. The van der Waals surface area contributed by atoms with E-state index in [2.05, 4.69) is 0 Å². The fraction of sp³-hybridized carbons (Fsp3) is 0.400. The number of aliphatic hydroxyl groups is 1. The van der Waals surface area contributed by atoms with Gasteiger partial charge in [-0.25, -0.2) is 0 Å². The average molecular weight is 196 g/mol. The Morgan fingerprint density at radius 1 is 1.43 bits per heavy atom. The van der Waals surface area contributed by atoms with Crippen LogP contribution in [0.25, 0.3) is 0 Å². The Balaban J connectivity index is 2.51. The van der Waals surface area contributed by atoms with E-state index >= 15 is 0 Å². The van der Waals surface area contributed by atoms with Crippen LogP contribution in [0.5, 0.6) is 17.2 Å². The minimum Gasteiger partial charge on any atom is -0.508 e. The van der Waals surface area contributed by atoms with E-state index in [0.29, 0.717) is 17.1 Å². The van der Waals surface area contributed by atoms with Gasteiger partial charge in [0.05, 0.1) is 0 Å². The molecule has 1 heterocycles. The number of phenolic OH excluding ortho intramolecular Hbond substituents is 1. The molecule has 2 N–H and O–H groups in total. The van der Waals surface area contributed by atoms with Crippen LogP contribution < -0.4 is 9.47 Å². The molecule has 0 radical (unpaired) electrons. The first-order valence-electron chi connectivity index (χ1n) is 4.46. The lowest BCUT2D eigenvalue weighted by atomic mass is 9.99. The number of ether oxygens (including phenoxy) is 2. The lowest BCUT2D eigenvalue weighted by Crippen LogP contribution is -2.01. The molecule has 0 bridgehead atoms. The van der Waals surface area contributed by atoms with Gasteiger partial charge in [0.25, 0.3) is 0 Å². The number of aliphatic hydroxyl groups excluding tert-OH is 1. The van der Waals surface area contributed by atoms with Crippen molar-refractivity contribution in [3.63, 3.8) is 0 Å². The Morgan fingerprint density at radius 2 is 2.21 bits per heavy atom. The van der Waals surface area contributed by atoms with E-state index in [1.165, 1.54) is 0 Å². The molecule has 4 nitrogen and oxygen atoms in total. The summed E-state index contributed by atoms with van der Waals surface area (Å²) in [6, 6.07) is 3.21. The fourth-order valence-corrected chi connectivity index (χ4v) is 1.55. The Kier molecular flexibility index (Phi) is 2.21. The molecule has 1 aromatic carbocycles. The van der Waals surface area contributed by atoms with Gasteiger partial charge in [-0.3, -0.25) is 0 Å². The largest absolute Gasteiger partial charge is 0.508 e. The molecule has 1 atom stereocenters. The highest BCUT2D eigenvalue weighted by Gasteiger charge is 2.23. The van der Waals surface area contributed by atoms with Crippen LogP contribution in [0.3, 0.4) is 0 Å². The molecule has 0 fully saturated rings. The zero-order chi connectivity index (χ0) is 10.1. The van der Waals surface area contributed by atoms with Gasteiger partial charge < -0.3 is 19.7 Å². The van der Waals surface area contributed by atoms with Crippen molar-refractivity contribution in [1.82, 2.24) is 0 Å². The highest BCUT2D eigenvalue weighted by atomic mass is 16.7. The van der Waals surface area contributed by atoms with Crippen LogP contribution in [0.1, 0.15) is 18.4 Å². The van der Waals surface area contributed by atoms with Crippen LogP contribution in [0.2, 0.25) is 0 Å². The van der Waals surface area contributed by atoms with Crippen molar-refractivity contribution in [3.8, 4) is 17.2 Å². The SMILES string of the molecule is CC(CO)c1c(O)ccc2c1OCO2. The Hall–Kier alpha value is -1.42. The highest BCUT2D eigenvalue weighted by Crippen LogP contribution is 2.43. The number of phenols is 1. The van der Waals surface area contributed by atoms with Gasteiger partial charge in [-0.05, 0) is 12.1 Å². The third-order valence-electron chi connectivity index (χ3n) is 2.32. The molecule has 4 heteroatoms. The maximum atomic E-state index is 9.63. The highest BCUT2D eigenvalue weighted by molar-refractivity contribution is 5.56. The number of hydrogen-bond donors (Lipinski definition) is 2. The van der Waals surface area contributed by atoms with E-state index in [0.717, 1.165) is 0 Å². The van der Waals surface area contributed by atoms with Gasteiger partial charge in [0.2, 0.25) is 6.79 Å². The monoisotopic (exact) mass is 196 g/mol. The zero-order valence-electron chi connectivity index (χ0n) is 7.86. The van der Waals surface area contributed by atoms with E-state index in [1.54, 1.807) is 12.1 Å². The Bertz CT molecular complexity index is 348. The number of aromatic hydroxyl groups is 1. The Morgan fingerprint density at radius 3 is 2.93 bits per heavy atom. The van der Waals surface area contributed by atoms with Gasteiger partial charge in [-0.1, -0.05) is 6.92 Å². The first kappa shape index (κ1) is 9.15. The summed E-state index contributed by atoms with van der Waals surface area (Å²) in [5, 5.41) is 18.7. The van der Waals surface area contributed by atoms with Crippen molar-refractivity contribution in [2.45, 2.75) is 12.8 Å². The standard InChI is InChI=1S/C10H12O4/c1-6(4-11)9-7(12)2-3-8-10(9)14-5-13-8/h2-3,6,11-12H,4-5H2,1H3.